The van der Waals surface area contributed by atoms with Crippen LogP contribution >= 0.6 is 0 Å². The Morgan fingerprint density at radius 1 is 1.19 bits per heavy atom. The van der Waals surface area contributed by atoms with E-state index >= 15 is 0 Å². The number of hydrogen-bond acceptors (Lipinski definition) is 4. The highest BCUT2D eigenvalue weighted by Crippen LogP contribution is 2.31. The Morgan fingerprint density at radius 2 is 1.81 bits per heavy atom. The van der Waals surface area contributed by atoms with Gasteiger partial charge in [-0.25, -0.2) is 13.6 Å². The molecule has 2 fully saturated rings. The van der Waals surface area contributed by atoms with Crippen molar-refractivity contribution in [3.8, 4) is 0 Å². The minimum atomic E-state index is -0.879. The van der Waals surface area contributed by atoms with Gasteiger partial charge in [0.2, 0.25) is 5.91 Å². The van der Waals surface area contributed by atoms with E-state index < -0.39 is 35.4 Å². The number of β-amino-alcohol motifs (C(OH)–C–C–N with tert-alkyl or cyclic N) is 1. The summed E-state index contributed by atoms with van der Waals surface area (Å²) in [4.78, 5) is 25.2. The fraction of sp³-hybridized carbons (Fsp3) is 0.385. The molecule has 0 unspecified atom stereocenters. The van der Waals surface area contributed by atoms with Crippen molar-refractivity contribution in [2.24, 2.45) is 0 Å². The lowest BCUT2D eigenvalue weighted by atomic mass is 10.1. The zero-order valence-corrected chi connectivity index (χ0v) is 11.0. The lowest BCUT2D eigenvalue weighted by molar-refractivity contribution is -0.120. The molecule has 0 aromatic heterocycles. The number of halogens is 2. The van der Waals surface area contributed by atoms with Crippen LogP contribution < -0.4 is 15.1 Å². The molecule has 2 N–H and O–H groups in total. The van der Waals surface area contributed by atoms with Crippen LogP contribution in [0.1, 0.15) is 6.42 Å². The van der Waals surface area contributed by atoms with Gasteiger partial charge in [0.25, 0.3) is 0 Å². The van der Waals surface area contributed by atoms with Crippen LogP contribution in [0.2, 0.25) is 0 Å². The molecule has 112 valence electrons. The maximum atomic E-state index is 14.1. The van der Waals surface area contributed by atoms with Gasteiger partial charge in [0.1, 0.15) is 5.69 Å². The molecule has 2 aliphatic heterocycles. The monoisotopic (exact) mass is 297 g/mol. The molecule has 0 atom stereocenters. The Bertz CT molecular complexity index is 594. The second-order valence-corrected chi connectivity index (χ2v) is 5.07. The molecule has 0 radical (unpaired) electrons. The van der Waals surface area contributed by atoms with E-state index in [4.69, 9.17) is 0 Å². The molecule has 3 amide bonds. The Labute approximate surface area is 118 Å². The number of carbonyl (C=O) groups is 2. The van der Waals surface area contributed by atoms with Crippen LogP contribution in [-0.2, 0) is 4.79 Å². The molecule has 8 heteroatoms. The molecule has 21 heavy (non-hydrogen) atoms. The van der Waals surface area contributed by atoms with Crippen molar-refractivity contribution in [2.45, 2.75) is 12.5 Å². The maximum absolute atomic E-state index is 14.1. The number of urea groups is 1. The number of imide groups is 1. The summed E-state index contributed by atoms with van der Waals surface area (Å²) in [7, 11) is 0. The molecule has 0 saturated carbocycles. The van der Waals surface area contributed by atoms with E-state index in [-0.39, 0.29) is 13.0 Å². The van der Waals surface area contributed by atoms with Crippen LogP contribution in [-0.4, -0.2) is 42.8 Å². The molecular weight excluding hydrogens is 284 g/mol. The number of aliphatic hydroxyl groups is 1. The summed E-state index contributed by atoms with van der Waals surface area (Å²) in [5.41, 5.74) is -0.155. The number of amides is 3. The van der Waals surface area contributed by atoms with Crippen molar-refractivity contribution in [1.82, 2.24) is 5.32 Å². The first-order valence-corrected chi connectivity index (χ1v) is 6.49. The second kappa shape index (κ2) is 4.96. The predicted molar refractivity (Wildman–Crippen MR) is 70.1 cm³/mol. The average molecular weight is 297 g/mol. The number of rotatable bonds is 2. The molecule has 2 heterocycles. The number of nitrogens with one attached hydrogen (secondary N) is 1. The van der Waals surface area contributed by atoms with E-state index in [1.807, 2.05) is 5.32 Å². The van der Waals surface area contributed by atoms with Gasteiger partial charge in [0.15, 0.2) is 11.6 Å². The van der Waals surface area contributed by atoms with Gasteiger partial charge in [0, 0.05) is 31.7 Å². The predicted octanol–water partition coefficient (Wildman–Crippen LogP) is 0.592. The summed E-state index contributed by atoms with van der Waals surface area (Å²) in [5, 5.41) is 11.2. The molecule has 3 rings (SSSR count). The van der Waals surface area contributed by atoms with Gasteiger partial charge in [-0.1, -0.05) is 0 Å². The van der Waals surface area contributed by atoms with Crippen LogP contribution in [0.3, 0.4) is 0 Å². The van der Waals surface area contributed by atoms with Crippen molar-refractivity contribution < 1.29 is 23.5 Å². The Morgan fingerprint density at radius 3 is 2.33 bits per heavy atom. The number of hydrogen-bond donors (Lipinski definition) is 2. The van der Waals surface area contributed by atoms with Crippen LogP contribution in [0.15, 0.2) is 12.1 Å². The highest BCUT2D eigenvalue weighted by molar-refractivity contribution is 6.05. The zero-order chi connectivity index (χ0) is 15.1. The van der Waals surface area contributed by atoms with Gasteiger partial charge in [-0.15, -0.1) is 0 Å². The molecule has 2 saturated heterocycles. The number of nitrogens with zero attached hydrogens (tertiary/aromatic N) is 2. The third-order valence-electron chi connectivity index (χ3n) is 3.55. The molecular formula is C13H13F2N3O3. The van der Waals surface area contributed by atoms with Crippen LogP contribution in [0, 0.1) is 11.6 Å². The zero-order valence-electron chi connectivity index (χ0n) is 11.0. The lowest BCUT2D eigenvalue weighted by Crippen LogP contribution is -2.51. The van der Waals surface area contributed by atoms with Gasteiger partial charge in [0.05, 0.1) is 6.10 Å². The summed E-state index contributed by atoms with van der Waals surface area (Å²) in [5.74, 6) is -2.23. The second-order valence-electron chi connectivity index (χ2n) is 5.07. The summed E-state index contributed by atoms with van der Waals surface area (Å²) in [6.45, 7) is 0.564. The SMILES string of the molecule is O=C1CCN(c2c(F)cc(N3CC(O)C3)cc2F)C(=O)N1. The minimum Gasteiger partial charge on any atom is -0.389 e. The molecule has 1 aromatic rings. The third kappa shape index (κ3) is 2.42. The number of carbonyl (C=O) groups excluding carboxylic acids is 2. The number of benzene rings is 1. The maximum Gasteiger partial charge on any atom is 0.328 e. The summed E-state index contributed by atoms with van der Waals surface area (Å²) >= 11 is 0. The normalized spacial score (nSPS) is 19.6. The van der Waals surface area contributed by atoms with Gasteiger partial charge in [-0.05, 0) is 12.1 Å². The Hall–Kier alpha value is -2.22. The number of anilines is 2. The fourth-order valence-electron chi connectivity index (χ4n) is 2.44. The fourth-order valence-corrected chi connectivity index (χ4v) is 2.44. The van der Waals surface area contributed by atoms with Crippen molar-refractivity contribution in [2.75, 3.05) is 29.4 Å². The van der Waals surface area contributed by atoms with E-state index in [0.717, 1.165) is 17.0 Å². The van der Waals surface area contributed by atoms with E-state index in [1.54, 1.807) is 4.90 Å². The first kappa shape index (κ1) is 13.7. The summed E-state index contributed by atoms with van der Waals surface area (Å²) < 4.78 is 28.3. The van der Waals surface area contributed by atoms with Crippen LogP contribution in [0.5, 0.6) is 0 Å². The first-order valence-electron chi connectivity index (χ1n) is 6.49. The average Bonchev–Trinajstić information content (AvgIpc) is 2.36. The van der Waals surface area contributed by atoms with E-state index in [1.165, 1.54) is 0 Å². The molecule has 0 spiro atoms. The molecule has 0 aliphatic carbocycles. The molecule has 2 aliphatic rings. The van der Waals surface area contributed by atoms with Crippen molar-refractivity contribution >= 4 is 23.3 Å². The summed E-state index contributed by atoms with van der Waals surface area (Å²) in [6, 6.07) is 1.40. The molecule has 1 aromatic carbocycles. The van der Waals surface area contributed by atoms with Gasteiger partial charge >= 0.3 is 6.03 Å². The highest BCUT2D eigenvalue weighted by atomic mass is 19.1. The Kier molecular flexibility index (Phi) is 3.25. The lowest BCUT2D eigenvalue weighted by Gasteiger charge is -2.38. The molecule has 6 nitrogen and oxygen atoms in total. The van der Waals surface area contributed by atoms with Crippen LogP contribution in [0.4, 0.5) is 25.0 Å². The Balaban J connectivity index is 1.89. The third-order valence-corrected chi connectivity index (χ3v) is 3.55. The van der Waals surface area contributed by atoms with Gasteiger partial charge < -0.3 is 10.0 Å². The van der Waals surface area contributed by atoms with E-state index in [2.05, 4.69) is 0 Å². The largest absolute Gasteiger partial charge is 0.389 e. The van der Waals surface area contributed by atoms with Crippen LogP contribution in [0.25, 0.3) is 0 Å². The smallest absolute Gasteiger partial charge is 0.328 e. The number of aliphatic hydroxyl groups excluding tert-OH is 1. The van der Waals surface area contributed by atoms with Crippen molar-refractivity contribution in [1.29, 1.82) is 0 Å². The quantitative estimate of drug-likeness (QED) is 0.838. The first-order chi connectivity index (χ1) is 9.95. The van der Waals surface area contributed by atoms with Crippen molar-refractivity contribution in [3.05, 3.63) is 23.8 Å². The van der Waals surface area contributed by atoms with Crippen molar-refractivity contribution in [3.63, 3.8) is 0 Å². The standard InChI is InChI=1S/C13H13F2N3O3/c14-9-3-7(17-5-8(19)6-17)4-10(15)12(9)18-2-1-11(20)16-13(18)21/h3-4,8,19H,1-2,5-6H2,(H,16,20,21). The topological polar surface area (TPSA) is 72.9 Å². The van der Waals surface area contributed by atoms with Gasteiger partial charge in [-0.3, -0.25) is 15.0 Å². The highest BCUT2D eigenvalue weighted by Gasteiger charge is 2.31. The molecule has 0 bridgehead atoms. The summed E-state index contributed by atoms with van der Waals surface area (Å²) in [6.07, 6.45) is -0.500. The van der Waals surface area contributed by atoms with E-state index in [0.29, 0.717) is 18.8 Å². The van der Waals surface area contributed by atoms with Gasteiger partial charge in [-0.2, -0.15) is 0 Å². The van der Waals surface area contributed by atoms with E-state index in [9.17, 15) is 23.5 Å². The minimum absolute atomic E-state index is 0.00924.